The molecule has 1 fully saturated rings. The van der Waals surface area contributed by atoms with E-state index in [9.17, 15) is 0 Å². The van der Waals surface area contributed by atoms with Crippen LogP contribution in [0.5, 0.6) is 5.75 Å². The molecule has 1 aromatic carbocycles. The van der Waals surface area contributed by atoms with Crippen molar-refractivity contribution in [3.8, 4) is 5.75 Å². The molecule has 4 heteroatoms. The molecule has 2 rings (SSSR count). The molecule has 1 atom stereocenters. The second kappa shape index (κ2) is 6.73. The molecule has 1 aromatic rings. The van der Waals surface area contributed by atoms with E-state index in [2.05, 4.69) is 27.3 Å². The second-order valence-electron chi connectivity index (χ2n) is 5.31. The molecule has 0 radical (unpaired) electrons. The predicted molar refractivity (Wildman–Crippen MR) is 82.4 cm³/mol. The first kappa shape index (κ1) is 14.8. The molecule has 1 aliphatic rings. The van der Waals surface area contributed by atoms with Crippen LogP contribution in [-0.2, 0) is 0 Å². The molecule has 19 heavy (non-hydrogen) atoms. The van der Waals surface area contributed by atoms with Crippen LogP contribution in [0.3, 0.4) is 0 Å². The van der Waals surface area contributed by atoms with Crippen molar-refractivity contribution in [1.29, 1.82) is 0 Å². The number of nitrogens with two attached hydrogens (primary N) is 1. The molecular weight excluding hydrogens is 304 g/mol. The smallest absolute Gasteiger partial charge is 0.123 e. The molecule has 1 saturated carbocycles. The van der Waals surface area contributed by atoms with Crippen molar-refractivity contribution in [2.75, 3.05) is 14.2 Å². The zero-order valence-corrected chi connectivity index (χ0v) is 13.2. The van der Waals surface area contributed by atoms with E-state index >= 15 is 0 Å². The van der Waals surface area contributed by atoms with E-state index in [0.717, 1.165) is 15.8 Å². The third kappa shape index (κ3) is 3.50. The fourth-order valence-electron chi connectivity index (χ4n) is 2.99. The lowest BCUT2D eigenvalue weighted by Gasteiger charge is -2.32. The van der Waals surface area contributed by atoms with Crippen LogP contribution in [0, 0.1) is 5.92 Å². The first-order valence-electron chi connectivity index (χ1n) is 6.92. The van der Waals surface area contributed by atoms with Gasteiger partial charge in [0.05, 0.1) is 7.11 Å². The van der Waals surface area contributed by atoms with E-state index in [1.807, 2.05) is 19.2 Å². The average Bonchev–Trinajstić information content (AvgIpc) is 2.46. The molecule has 3 N–H and O–H groups in total. The Bertz CT molecular complexity index is 417. The number of hydrogen-bond donors (Lipinski definition) is 2. The Hall–Kier alpha value is -0.580. The summed E-state index contributed by atoms with van der Waals surface area (Å²) in [4.78, 5) is 0. The van der Waals surface area contributed by atoms with E-state index < -0.39 is 0 Å². The molecule has 1 unspecified atom stereocenters. The van der Waals surface area contributed by atoms with Crippen LogP contribution in [0.15, 0.2) is 22.7 Å². The highest BCUT2D eigenvalue weighted by atomic mass is 79.9. The number of rotatable bonds is 4. The first-order chi connectivity index (χ1) is 9.15. The Morgan fingerprint density at radius 1 is 1.32 bits per heavy atom. The molecule has 0 aromatic heterocycles. The number of hydrogen-bond acceptors (Lipinski definition) is 3. The third-order valence-electron chi connectivity index (χ3n) is 4.24. The largest absolute Gasteiger partial charge is 0.496 e. The summed E-state index contributed by atoms with van der Waals surface area (Å²) in [6, 6.07) is 6.79. The van der Waals surface area contributed by atoms with Crippen LogP contribution in [0.25, 0.3) is 0 Å². The van der Waals surface area contributed by atoms with Gasteiger partial charge >= 0.3 is 0 Å². The number of nitrogens with one attached hydrogen (secondary N) is 1. The lowest BCUT2D eigenvalue weighted by molar-refractivity contribution is 0.263. The van der Waals surface area contributed by atoms with Crippen LogP contribution in [0.2, 0.25) is 0 Å². The van der Waals surface area contributed by atoms with Gasteiger partial charge in [-0.05, 0) is 56.8 Å². The van der Waals surface area contributed by atoms with Crippen LogP contribution in [0.1, 0.15) is 37.3 Å². The van der Waals surface area contributed by atoms with Gasteiger partial charge in [-0.25, -0.2) is 0 Å². The molecular formula is C15H23BrN2O. The standard InChI is InChI=1S/C15H23BrN2O/c1-18-12-6-3-10(4-7-12)15(17)13-9-11(16)5-8-14(13)19-2/h5,8-10,12,15,18H,3-4,6-7,17H2,1-2H3. The lowest BCUT2D eigenvalue weighted by atomic mass is 9.79. The first-order valence-corrected chi connectivity index (χ1v) is 7.71. The summed E-state index contributed by atoms with van der Waals surface area (Å²) in [7, 11) is 3.75. The number of methoxy groups -OCH3 is 1. The molecule has 0 amide bonds. The van der Waals surface area contributed by atoms with Gasteiger partial charge in [-0.2, -0.15) is 0 Å². The van der Waals surface area contributed by atoms with Gasteiger partial charge in [0.1, 0.15) is 5.75 Å². The normalized spacial score (nSPS) is 25.1. The SMILES string of the molecule is CNC1CCC(C(N)c2cc(Br)ccc2OC)CC1. The molecule has 0 bridgehead atoms. The van der Waals surface area contributed by atoms with Gasteiger partial charge in [-0.15, -0.1) is 0 Å². The molecule has 1 aliphatic carbocycles. The molecule has 0 aliphatic heterocycles. The van der Waals surface area contributed by atoms with E-state index in [4.69, 9.17) is 10.5 Å². The second-order valence-corrected chi connectivity index (χ2v) is 6.23. The quantitative estimate of drug-likeness (QED) is 0.892. The summed E-state index contributed by atoms with van der Waals surface area (Å²) in [5, 5.41) is 3.36. The van der Waals surface area contributed by atoms with Gasteiger partial charge in [0.2, 0.25) is 0 Å². The minimum absolute atomic E-state index is 0.0604. The summed E-state index contributed by atoms with van der Waals surface area (Å²) in [5.41, 5.74) is 7.60. The van der Waals surface area contributed by atoms with Gasteiger partial charge in [-0.3, -0.25) is 0 Å². The fourth-order valence-corrected chi connectivity index (χ4v) is 3.37. The van der Waals surface area contributed by atoms with E-state index in [1.54, 1.807) is 7.11 Å². The predicted octanol–water partition coefficient (Wildman–Crippen LogP) is 3.24. The van der Waals surface area contributed by atoms with Crippen LogP contribution in [-0.4, -0.2) is 20.2 Å². The highest BCUT2D eigenvalue weighted by Crippen LogP contribution is 2.37. The topological polar surface area (TPSA) is 47.3 Å². The van der Waals surface area contributed by atoms with Gasteiger partial charge in [-0.1, -0.05) is 15.9 Å². The summed E-state index contributed by atoms with van der Waals surface area (Å²) >= 11 is 3.52. The fraction of sp³-hybridized carbons (Fsp3) is 0.600. The maximum Gasteiger partial charge on any atom is 0.123 e. The van der Waals surface area contributed by atoms with Gasteiger partial charge < -0.3 is 15.8 Å². The minimum atomic E-state index is 0.0604. The van der Waals surface area contributed by atoms with Gasteiger partial charge in [0.15, 0.2) is 0 Å². The summed E-state index contributed by atoms with van der Waals surface area (Å²) in [5.74, 6) is 1.44. The highest BCUT2D eigenvalue weighted by Gasteiger charge is 2.27. The van der Waals surface area contributed by atoms with Gasteiger partial charge in [0.25, 0.3) is 0 Å². The monoisotopic (exact) mass is 326 g/mol. The van der Waals surface area contributed by atoms with Crippen LogP contribution >= 0.6 is 15.9 Å². The lowest BCUT2D eigenvalue weighted by Crippen LogP contribution is -2.33. The van der Waals surface area contributed by atoms with E-state index in [-0.39, 0.29) is 6.04 Å². The number of ether oxygens (including phenoxy) is 1. The molecule has 106 valence electrons. The van der Waals surface area contributed by atoms with Crippen molar-refractivity contribution in [1.82, 2.24) is 5.32 Å². The molecule has 0 heterocycles. The maximum atomic E-state index is 6.48. The van der Waals surface area contributed by atoms with E-state index in [0.29, 0.717) is 12.0 Å². The van der Waals surface area contributed by atoms with E-state index in [1.165, 1.54) is 25.7 Å². The highest BCUT2D eigenvalue weighted by molar-refractivity contribution is 9.10. The molecule has 3 nitrogen and oxygen atoms in total. The number of benzene rings is 1. The van der Waals surface area contributed by atoms with Crippen LogP contribution < -0.4 is 15.8 Å². The van der Waals surface area contributed by atoms with Crippen molar-refractivity contribution in [3.05, 3.63) is 28.2 Å². The maximum absolute atomic E-state index is 6.48. The minimum Gasteiger partial charge on any atom is -0.496 e. The Morgan fingerprint density at radius 3 is 2.58 bits per heavy atom. The third-order valence-corrected chi connectivity index (χ3v) is 4.73. The van der Waals surface area contributed by atoms with Crippen molar-refractivity contribution in [2.24, 2.45) is 11.7 Å². The van der Waals surface area contributed by atoms with Gasteiger partial charge in [0, 0.05) is 22.1 Å². The van der Waals surface area contributed by atoms with Crippen molar-refractivity contribution < 1.29 is 4.74 Å². The summed E-state index contributed by atoms with van der Waals surface area (Å²) in [6.45, 7) is 0. The zero-order valence-electron chi connectivity index (χ0n) is 11.7. The van der Waals surface area contributed by atoms with Crippen molar-refractivity contribution in [2.45, 2.75) is 37.8 Å². The summed E-state index contributed by atoms with van der Waals surface area (Å²) in [6.07, 6.45) is 4.79. The molecule has 0 saturated heterocycles. The Kier molecular flexibility index (Phi) is 5.25. The Labute approximate surface area is 124 Å². The van der Waals surface area contributed by atoms with Crippen molar-refractivity contribution >= 4 is 15.9 Å². The average molecular weight is 327 g/mol. The van der Waals surface area contributed by atoms with Crippen molar-refractivity contribution in [3.63, 3.8) is 0 Å². The molecule has 0 spiro atoms. The Morgan fingerprint density at radius 2 is 2.00 bits per heavy atom. The number of halogens is 1. The zero-order chi connectivity index (χ0) is 13.8. The van der Waals surface area contributed by atoms with Crippen LogP contribution in [0.4, 0.5) is 0 Å². The summed E-state index contributed by atoms with van der Waals surface area (Å²) < 4.78 is 6.50. The Balaban J connectivity index is 2.11.